The summed E-state index contributed by atoms with van der Waals surface area (Å²) in [6, 6.07) is 1.70. The maximum absolute atomic E-state index is 13.6. The predicted molar refractivity (Wildman–Crippen MR) is 120 cm³/mol. The minimum atomic E-state index is -1.63. The molecule has 0 spiro atoms. The predicted octanol–water partition coefficient (Wildman–Crippen LogP) is 3.48. The first kappa shape index (κ1) is 25.1. The van der Waals surface area contributed by atoms with E-state index in [1.54, 1.807) is 11.3 Å². The number of aryl methyl sites for hydroxylation is 1. The highest BCUT2D eigenvalue weighted by Gasteiger charge is 2.15. The molecule has 2 rings (SSSR count). The van der Waals surface area contributed by atoms with Crippen LogP contribution in [0.2, 0.25) is 0 Å². The van der Waals surface area contributed by atoms with E-state index in [4.69, 9.17) is 0 Å². The zero-order chi connectivity index (χ0) is 20.5. The lowest BCUT2D eigenvalue weighted by molar-refractivity contribution is -0.114. The standard InChI is InChI=1S/C18H22F3N5OS.HI/c1-3-11-9-24-15(28-11)7-8-23-18(22-4-2)25-10-14(27)26-13-6-5-12(19)16(20)17(13)21;/h5-6,9H,3-4,7-8,10H2,1-2H3,(H,26,27)(H2,22,23,25);1H. The van der Waals surface area contributed by atoms with Crippen molar-refractivity contribution in [3.63, 3.8) is 0 Å². The average molecular weight is 541 g/mol. The van der Waals surface area contributed by atoms with E-state index in [2.05, 4.69) is 32.9 Å². The van der Waals surface area contributed by atoms with E-state index in [9.17, 15) is 18.0 Å². The Morgan fingerprint density at radius 1 is 1.17 bits per heavy atom. The molecule has 0 aliphatic carbocycles. The summed E-state index contributed by atoms with van der Waals surface area (Å²) in [7, 11) is 0. The molecule has 0 saturated carbocycles. The molecule has 0 aliphatic rings. The Kier molecular flexibility index (Phi) is 10.9. The Bertz CT molecular complexity index is 847. The molecule has 6 nitrogen and oxygen atoms in total. The summed E-state index contributed by atoms with van der Waals surface area (Å²) in [5.41, 5.74) is -0.437. The van der Waals surface area contributed by atoms with Crippen molar-refractivity contribution in [1.82, 2.24) is 15.6 Å². The maximum Gasteiger partial charge on any atom is 0.246 e. The molecule has 1 amide bonds. The van der Waals surface area contributed by atoms with Gasteiger partial charge in [-0.05, 0) is 25.5 Å². The molecule has 11 heteroatoms. The zero-order valence-corrected chi connectivity index (χ0v) is 19.2. The van der Waals surface area contributed by atoms with Gasteiger partial charge in [0.25, 0.3) is 0 Å². The van der Waals surface area contributed by atoms with Crippen molar-refractivity contribution in [2.45, 2.75) is 26.7 Å². The third-order valence-corrected chi connectivity index (χ3v) is 4.82. The van der Waals surface area contributed by atoms with Gasteiger partial charge >= 0.3 is 0 Å². The van der Waals surface area contributed by atoms with Gasteiger partial charge in [0.1, 0.15) is 6.54 Å². The summed E-state index contributed by atoms with van der Waals surface area (Å²) >= 11 is 1.65. The number of nitrogens with zero attached hydrogens (tertiary/aromatic N) is 2. The van der Waals surface area contributed by atoms with Crippen LogP contribution < -0.4 is 16.0 Å². The monoisotopic (exact) mass is 541 g/mol. The van der Waals surface area contributed by atoms with Crippen LogP contribution in [-0.2, 0) is 17.6 Å². The lowest BCUT2D eigenvalue weighted by atomic mass is 10.3. The number of carbonyl (C=O) groups is 1. The van der Waals surface area contributed by atoms with Crippen LogP contribution in [0.5, 0.6) is 0 Å². The molecule has 0 atom stereocenters. The number of anilines is 1. The van der Waals surface area contributed by atoms with Crippen LogP contribution in [0.3, 0.4) is 0 Å². The van der Waals surface area contributed by atoms with Gasteiger partial charge in [0.15, 0.2) is 23.4 Å². The number of benzene rings is 1. The highest BCUT2D eigenvalue weighted by atomic mass is 127. The van der Waals surface area contributed by atoms with E-state index in [1.165, 1.54) is 4.88 Å². The van der Waals surface area contributed by atoms with Crippen LogP contribution in [0.15, 0.2) is 23.3 Å². The van der Waals surface area contributed by atoms with Crippen LogP contribution >= 0.6 is 35.3 Å². The Morgan fingerprint density at radius 2 is 1.93 bits per heavy atom. The van der Waals surface area contributed by atoms with Crippen molar-refractivity contribution < 1.29 is 18.0 Å². The summed E-state index contributed by atoms with van der Waals surface area (Å²) in [5.74, 6) is -4.65. The first-order valence-corrected chi connectivity index (χ1v) is 9.65. The van der Waals surface area contributed by atoms with Crippen LogP contribution in [0.25, 0.3) is 0 Å². The van der Waals surface area contributed by atoms with Gasteiger partial charge in [0.2, 0.25) is 5.91 Å². The van der Waals surface area contributed by atoms with E-state index in [1.807, 2.05) is 13.1 Å². The first-order valence-electron chi connectivity index (χ1n) is 8.83. The molecular formula is C18H23F3IN5OS. The average Bonchev–Trinajstić information content (AvgIpc) is 3.14. The van der Waals surface area contributed by atoms with Gasteiger partial charge < -0.3 is 16.0 Å². The Hall–Kier alpha value is -1.89. The van der Waals surface area contributed by atoms with Crippen molar-refractivity contribution in [3.8, 4) is 0 Å². The van der Waals surface area contributed by atoms with Crippen LogP contribution in [-0.4, -0.2) is 36.5 Å². The minimum absolute atomic E-state index is 0. The number of halogens is 4. The van der Waals surface area contributed by atoms with Gasteiger partial charge in [-0.25, -0.2) is 23.1 Å². The van der Waals surface area contributed by atoms with Crippen molar-refractivity contribution in [2.75, 3.05) is 25.0 Å². The molecule has 0 radical (unpaired) electrons. The molecule has 0 fully saturated rings. The second-order valence-electron chi connectivity index (χ2n) is 5.72. The number of hydrogen-bond acceptors (Lipinski definition) is 4. The van der Waals surface area contributed by atoms with Crippen molar-refractivity contribution in [2.24, 2.45) is 4.99 Å². The second-order valence-corrected chi connectivity index (χ2v) is 6.92. The third kappa shape index (κ3) is 7.80. The third-order valence-electron chi connectivity index (χ3n) is 3.62. The van der Waals surface area contributed by atoms with Crippen LogP contribution in [0.4, 0.5) is 18.9 Å². The largest absolute Gasteiger partial charge is 0.357 e. The highest BCUT2D eigenvalue weighted by Crippen LogP contribution is 2.19. The number of aliphatic imine (C=N–C) groups is 1. The van der Waals surface area contributed by atoms with Crippen molar-refractivity contribution in [3.05, 3.63) is 45.7 Å². The summed E-state index contributed by atoms with van der Waals surface area (Å²) in [6.07, 6.45) is 3.52. The summed E-state index contributed by atoms with van der Waals surface area (Å²) in [4.78, 5) is 21.6. The molecular weight excluding hydrogens is 518 g/mol. The number of carbonyl (C=O) groups excluding carboxylic acids is 1. The van der Waals surface area contributed by atoms with Gasteiger partial charge in [0.05, 0.1) is 10.7 Å². The number of nitrogens with one attached hydrogen (secondary N) is 3. The number of rotatable bonds is 8. The Balaban J connectivity index is 0.00000420. The maximum atomic E-state index is 13.6. The quantitative estimate of drug-likeness (QED) is 0.207. The lowest BCUT2D eigenvalue weighted by Gasteiger charge is -2.11. The Morgan fingerprint density at radius 3 is 2.59 bits per heavy atom. The van der Waals surface area contributed by atoms with Gasteiger partial charge in [-0.15, -0.1) is 35.3 Å². The number of guanidine groups is 1. The lowest BCUT2D eigenvalue weighted by Crippen LogP contribution is -2.39. The van der Waals surface area contributed by atoms with Crippen molar-refractivity contribution >= 4 is 52.9 Å². The van der Waals surface area contributed by atoms with Gasteiger partial charge in [-0.3, -0.25) is 4.79 Å². The number of thiazole rings is 1. The normalized spacial score (nSPS) is 11.0. The molecule has 1 heterocycles. The molecule has 160 valence electrons. The zero-order valence-electron chi connectivity index (χ0n) is 16.0. The topological polar surface area (TPSA) is 78.4 Å². The molecule has 29 heavy (non-hydrogen) atoms. The summed E-state index contributed by atoms with van der Waals surface area (Å²) in [6.45, 7) is 4.79. The SMILES string of the molecule is CCNC(=NCC(=O)Nc1ccc(F)c(F)c1F)NCCc1ncc(CC)s1.I. The van der Waals surface area contributed by atoms with Crippen LogP contribution in [0.1, 0.15) is 23.7 Å². The van der Waals surface area contributed by atoms with E-state index >= 15 is 0 Å². The molecule has 1 aromatic heterocycles. The summed E-state index contributed by atoms with van der Waals surface area (Å²) in [5, 5.41) is 9.26. The van der Waals surface area contributed by atoms with E-state index < -0.39 is 29.0 Å². The second kappa shape index (κ2) is 12.6. The van der Waals surface area contributed by atoms with Gasteiger partial charge in [0, 0.05) is 30.6 Å². The molecule has 2 aromatic rings. The fourth-order valence-electron chi connectivity index (χ4n) is 2.22. The minimum Gasteiger partial charge on any atom is -0.357 e. The van der Waals surface area contributed by atoms with Crippen molar-refractivity contribution in [1.29, 1.82) is 0 Å². The van der Waals surface area contributed by atoms with E-state index in [0.717, 1.165) is 23.6 Å². The first-order chi connectivity index (χ1) is 13.4. The number of amides is 1. The van der Waals surface area contributed by atoms with E-state index in [0.29, 0.717) is 25.5 Å². The fourth-order valence-corrected chi connectivity index (χ4v) is 3.08. The summed E-state index contributed by atoms with van der Waals surface area (Å²) < 4.78 is 39.7. The number of hydrogen-bond donors (Lipinski definition) is 3. The molecule has 3 N–H and O–H groups in total. The molecule has 1 aromatic carbocycles. The molecule has 0 unspecified atom stereocenters. The van der Waals surface area contributed by atoms with E-state index in [-0.39, 0.29) is 30.5 Å². The van der Waals surface area contributed by atoms with Crippen LogP contribution in [0, 0.1) is 17.5 Å². The van der Waals surface area contributed by atoms with Gasteiger partial charge in [-0.2, -0.15) is 0 Å². The molecule has 0 aliphatic heterocycles. The smallest absolute Gasteiger partial charge is 0.246 e. The van der Waals surface area contributed by atoms with Gasteiger partial charge in [-0.1, -0.05) is 6.92 Å². The number of aromatic nitrogens is 1. The molecule has 0 saturated heterocycles. The molecule has 0 bridgehead atoms. The highest BCUT2D eigenvalue weighted by molar-refractivity contribution is 14.0. The Labute approximate surface area is 188 Å². The fraction of sp³-hybridized carbons (Fsp3) is 0.389.